The smallest absolute Gasteiger partial charge is 0.450 e. The van der Waals surface area contributed by atoms with Gasteiger partial charge in [-0.05, 0) is 6.92 Å². The highest BCUT2D eigenvalue weighted by atomic mass is 16.7. The molecule has 18 heavy (non-hydrogen) atoms. The van der Waals surface area contributed by atoms with Crippen LogP contribution in [-0.4, -0.2) is 70.7 Å². The molecule has 0 bridgehead atoms. The second-order valence-electron chi connectivity index (χ2n) is 3.15. The Morgan fingerprint density at radius 3 is 1.56 bits per heavy atom. The monoisotopic (exact) mass is 266 g/mol. The first-order valence-corrected chi connectivity index (χ1v) is 5.94. The van der Waals surface area contributed by atoms with Crippen LogP contribution < -0.4 is 0 Å². The normalized spacial score (nSPS) is 10.5. The number of rotatable bonds is 13. The number of hydrogen-bond donors (Lipinski definition) is 1. The van der Waals surface area contributed by atoms with E-state index in [1.165, 1.54) is 0 Å². The largest absolute Gasteiger partial charge is 0.505 e. The van der Waals surface area contributed by atoms with E-state index in [9.17, 15) is 4.79 Å². The zero-order valence-electron chi connectivity index (χ0n) is 10.8. The lowest BCUT2D eigenvalue weighted by Gasteiger charge is -2.06. The van der Waals surface area contributed by atoms with E-state index in [0.717, 1.165) is 0 Å². The number of ether oxygens (including phenoxy) is 5. The van der Waals surface area contributed by atoms with Crippen LogP contribution in [-0.2, 0) is 23.7 Å². The van der Waals surface area contributed by atoms with Crippen molar-refractivity contribution in [2.45, 2.75) is 6.92 Å². The third-order valence-corrected chi connectivity index (χ3v) is 1.77. The van der Waals surface area contributed by atoms with E-state index < -0.39 is 6.16 Å². The molecular formula is C11H22O7. The summed E-state index contributed by atoms with van der Waals surface area (Å²) in [5.74, 6) is 0. The van der Waals surface area contributed by atoms with Gasteiger partial charge in [0.1, 0.15) is 6.61 Å². The first-order chi connectivity index (χ1) is 8.77. The van der Waals surface area contributed by atoms with E-state index in [1.54, 1.807) is 0 Å². The van der Waals surface area contributed by atoms with Crippen molar-refractivity contribution in [1.82, 2.24) is 0 Å². The summed E-state index contributed by atoms with van der Waals surface area (Å²) in [5.41, 5.74) is 0. The summed E-state index contributed by atoms with van der Waals surface area (Å²) >= 11 is 0. The molecule has 0 aromatic rings. The van der Waals surface area contributed by atoms with Crippen molar-refractivity contribution in [3.63, 3.8) is 0 Å². The Morgan fingerprint density at radius 2 is 1.17 bits per heavy atom. The minimum atomic E-state index is -1.29. The highest BCUT2D eigenvalue weighted by Crippen LogP contribution is 1.83. The topological polar surface area (TPSA) is 83.5 Å². The van der Waals surface area contributed by atoms with Crippen LogP contribution in [0.15, 0.2) is 0 Å². The molecule has 108 valence electrons. The Bertz CT molecular complexity index is 186. The maximum absolute atomic E-state index is 9.98. The summed E-state index contributed by atoms with van der Waals surface area (Å²) in [4.78, 5) is 9.98. The Morgan fingerprint density at radius 1 is 0.778 bits per heavy atom. The van der Waals surface area contributed by atoms with Crippen molar-refractivity contribution in [2.24, 2.45) is 0 Å². The predicted molar refractivity (Wildman–Crippen MR) is 62.9 cm³/mol. The predicted octanol–water partition coefficient (Wildman–Crippen LogP) is 0.767. The van der Waals surface area contributed by atoms with Gasteiger partial charge in [0.25, 0.3) is 0 Å². The highest BCUT2D eigenvalue weighted by molar-refractivity contribution is 5.56. The standard InChI is InChI=1S/C11H22O7/c1-2-14-3-4-15-5-6-16-7-8-17-9-10-18-11(12)13/h2-10H2,1H3,(H,12,13). The van der Waals surface area contributed by atoms with Crippen LogP contribution in [0.3, 0.4) is 0 Å². The minimum absolute atomic E-state index is 0.0376. The second-order valence-corrected chi connectivity index (χ2v) is 3.15. The van der Waals surface area contributed by atoms with Gasteiger partial charge in [-0.3, -0.25) is 0 Å². The maximum atomic E-state index is 9.98. The van der Waals surface area contributed by atoms with Gasteiger partial charge in [-0.1, -0.05) is 0 Å². The number of carboxylic acid groups (broad SMARTS) is 1. The average Bonchev–Trinajstić information content (AvgIpc) is 2.34. The molecule has 0 unspecified atom stereocenters. The summed E-state index contributed by atoms with van der Waals surface area (Å²) in [6.45, 7) is 5.95. The van der Waals surface area contributed by atoms with Gasteiger partial charge in [0, 0.05) is 6.61 Å². The lowest BCUT2D eigenvalue weighted by atomic mass is 10.7. The molecular weight excluding hydrogens is 244 g/mol. The van der Waals surface area contributed by atoms with Gasteiger partial charge in [0.2, 0.25) is 0 Å². The third-order valence-electron chi connectivity index (χ3n) is 1.77. The van der Waals surface area contributed by atoms with Crippen molar-refractivity contribution in [3.05, 3.63) is 0 Å². The van der Waals surface area contributed by atoms with E-state index in [1.807, 2.05) is 6.92 Å². The minimum Gasteiger partial charge on any atom is -0.450 e. The molecule has 0 aromatic heterocycles. The van der Waals surface area contributed by atoms with E-state index in [2.05, 4.69) is 4.74 Å². The lowest BCUT2D eigenvalue weighted by molar-refractivity contribution is -0.00779. The molecule has 1 N–H and O–H groups in total. The van der Waals surface area contributed by atoms with Crippen LogP contribution in [0.5, 0.6) is 0 Å². The molecule has 0 spiro atoms. The van der Waals surface area contributed by atoms with Gasteiger partial charge in [-0.2, -0.15) is 0 Å². The zero-order chi connectivity index (χ0) is 13.5. The van der Waals surface area contributed by atoms with Gasteiger partial charge in [-0.15, -0.1) is 0 Å². The Balaban J connectivity index is 2.92. The Kier molecular flexibility index (Phi) is 13.5. The molecule has 0 fully saturated rings. The molecule has 0 heterocycles. The van der Waals surface area contributed by atoms with Crippen molar-refractivity contribution >= 4 is 6.16 Å². The summed E-state index contributed by atoms with van der Waals surface area (Å²) in [6.07, 6.45) is -1.29. The van der Waals surface area contributed by atoms with E-state index in [-0.39, 0.29) is 13.2 Å². The first-order valence-electron chi connectivity index (χ1n) is 5.94. The van der Waals surface area contributed by atoms with Crippen LogP contribution in [0.1, 0.15) is 6.92 Å². The van der Waals surface area contributed by atoms with Crippen molar-refractivity contribution < 1.29 is 33.6 Å². The lowest BCUT2D eigenvalue weighted by Crippen LogP contribution is -2.13. The van der Waals surface area contributed by atoms with Gasteiger partial charge in [0.15, 0.2) is 0 Å². The van der Waals surface area contributed by atoms with Crippen molar-refractivity contribution in [1.29, 1.82) is 0 Å². The number of hydrogen-bond acceptors (Lipinski definition) is 6. The van der Waals surface area contributed by atoms with Gasteiger partial charge < -0.3 is 28.8 Å². The van der Waals surface area contributed by atoms with Crippen molar-refractivity contribution in [3.8, 4) is 0 Å². The summed E-state index contributed by atoms with van der Waals surface area (Å²) in [6, 6.07) is 0. The molecule has 7 heteroatoms. The van der Waals surface area contributed by atoms with Gasteiger partial charge in [0.05, 0.1) is 46.2 Å². The first kappa shape index (κ1) is 17.1. The van der Waals surface area contributed by atoms with Crippen LogP contribution in [0, 0.1) is 0 Å². The molecule has 0 amide bonds. The molecule has 0 aliphatic rings. The Labute approximate surface area is 107 Å². The molecule has 0 atom stereocenters. The summed E-state index contributed by atoms with van der Waals surface area (Å²) in [5, 5.41) is 8.17. The van der Waals surface area contributed by atoms with Gasteiger partial charge in [-0.25, -0.2) is 4.79 Å². The van der Waals surface area contributed by atoms with Gasteiger partial charge >= 0.3 is 6.16 Å². The fourth-order valence-corrected chi connectivity index (χ4v) is 0.992. The molecule has 0 aromatic carbocycles. The van der Waals surface area contributed by atoms with Crippen LogP contribution in [0.2, 0.25) is 0 Å². The summed E-state index contributed by atoms with van der Waals surface area (Å²) < 4.78 is 24.9. The third kappa shape index (κ3) is 15.1. The van der Waals surface area contributed by atoms with Crippen molar-refractivity contribution in [2.75, 3.05) is 59.5 Å². The van der Waals surface area contributed by atoms with E-state index >= 15 is 0 Å². The maximum Gasteiger partial charge on any atom is 0.505 e. The summed E-state index contributed by atoms with van der Waals surface area (Å²) in [7, 11) is 0. The average molecular weight is 266 g/mol. The molecule has 0 aliphatic carbocycles. The van der Waals surface area contributed by atoms with Crippen LogP contribution >= 0.6 is 0 Å². The Hall–Kier alpha value is -0.890. The fourth-order valence-electron chi connectivity index (χ4n) is 0.992. The fraction of sp³-hybridized carbons (Fsp3) is 0.909. The SMILES string of the molecule is CCOCCOCCOCCOCCOC(=O)O. The molecule has 0 rings (SSSR count). The van der Waals surface area contributed by atoms with Crippen LogP contribution in [0.4, 0.5) is 4.79 Å². The molecule has 0 saturated heterocycles. The molecule has 7 nitrogen and oxygen atoms in total. The highest BCUT2D eigenvalue weighted by Gasteiger charge is 1.95. The zero-order valence-corrected chi connectivity index (χ0v) is 10.8. The molecule has 0 radical (unpaired) electrons. The van der Waals surface area contributed by atoms with E-state index in [0.29, 0.717) is 46.2 Å². The van der Waals surface area contributed by atoms with Crippen LogP contribution in [0.25, 0.3) is 0 Å². The van der Waals surface area contributed by atoms with E-state index in [4.69, 9.17) is 24.1 Å². The number of carbonyl (C=O) groups is 1. The molecule has 0 saturated carbocycles. The quantitative estimate of drug-likeness (QED) is 0.389. The molecule has 0 aliphatic heterocycles. The second kappa shape index (κ2) is 14.2.